The van der Waals surface area contributed by atoms with Crippen LogP contribution in [0.25, 0.3) is 0 Å². The molecule has 24 heavy (non-hydrogen) atoms. The molecule has 1 aromatic carbocycles. The van der Waals surface area contributed by atoms with E-state index in [1.165, 1.54) is 0 Å². The Kier molecular flexibility index (Phi) is 5.98. The molecule has 1 heterocycles. The molecular formula is C18H25N3O3. The number of amides is 1. The third kappa shape index (κ3) is 4.35. The number of hydrogen-bond acceptors (Lipinski definition) is 5. The zero-order chi connectivity index (χ0) is 17.7. The van der Waals surface area contributed by atoms with E-state index in [4.69, 9.17) is 15.0 Å². The maximum Gasteiger partial charge on any atom is 0.227 e. The fourth-order valence-electron chi connectivity index (χ4n) is 2.27. The van der Waals surface area contributed by atoms with Gasteiger partial charge < -0.3 is 19.9 Å². The van der Waals surface area contributed by atoms with Crippen LogP contribution < -0.4 is 10.5 Å². The highest BCUT2D eigenvalue weighted by atomic mass is 16.5. The zero-order valence-electron chi connectivity index (χ0n) is 14.7. The zero-order valence-corrected chi connectivity index (χ0v) is 14.7. The second kappa shape index (κ2) is 7.97. The highest BCUT2D eigenvalue weighted by molar-refractivity contribution is 5.78. The van der Waals surface area contributed by atoms with E-state index in [0.717, 1.165) is 28.3 Å². The topological polar surface area (TPSA) is 81.6 Å². The van der Waals surface area contributed by atoms with Crippen molar-refractivity contribution in [2.75, 3.05) is 13.6 Å². The van der Waals surface area contributed by atoms with E-state index in [1.54, 1.807) is 11.9 Å². The van der Waals surface area contributed by atoms with Gasteiger partial charge in [-0.25, -0.2) is 0 Å². The van der Waals surface area contributed by atoms with E-state index in [-0.39, 0.29) is 11.9 Å². The summed E-state index contributed by atoms with van der Waals surface area (Å²) in [4.78, 5) is 13.9. The molecule has 2 N–H and O–H groups in total. The molecule has 1 amide bonds. The molecule has 2 aromatic rings. The van der Waals surface area contributed by atoms with Crippen LogP contribution in [0.3, 0.4) is 0 Å². The van der Waals surface area contributed by atoms with E-state index in [0.29, 0.717) is 19.6 Å². The molecule has 0 aliphatic rings. The van der Waals surface area contributed by atoms with Crippen LogP contribution in [0.15, 0.2) is 28.8 Å². The predicted molar refractivity (Wildman–Crippen MR) is 91.7 cm³/mol. The first-order valence-corrected chi connectivity index (χ1v) is 8.01. The van der Waals surface area contributed by atoms with Crippen LogP contribution in [0.1, 0.15) is 29.5 Å². The van der Waals surface area contributed by atoms with Crippen molar-refractivity contribution >= 4 is 5.91 Å². The van der Waals surface area contributed by atoms with Gasteiger partial charge in [-0.05, 0) is 38.5 Å². The van der Waals surface area contributed by atoms with Gasteiger partial charge in [0.2, 0.25) is 5.91 Å². The maximum atomic E-state index is 12.2. The second-order valence-electron chi connectivity index (χ2n) is 6.00. The molecule has 1 aromatic heterocycles. The third-order valence-electron chi connectivity index (χ3n) is 4.24. The molecule has 1 unspecified atom stereocenters. The van der Waals surface area contributed by atoms with E-state index >= 15 is 0 Å². The van der Waals surface area contributed by atoms with Gasteiger partial charge in [-0.2, -0.15) is 0 Å². The first-order chi connectivity index (χ1) is 11.4. The van der Waals surface area contributed by atoms with Gasteiger partial charge in [0, 0.05) is 19.6 Å². The number of nitrogens with two attached hydrogens (primary N) is 1. The monoisotopic (exact) mass is 331 g/mol. The van der Waals surface area contributed by atoms with Gasteiger partial charge in [-0.3, -0.25) is 4.79 Å². The normalized spacial score (nSPS) is 12.0. The van der Waals surface area contributed by atoms with Gasteiger partial charge in [-0.15, -0.1) is 0 Å². The Morgan fingerprint density at radius 1 is 1.33 bits per heavy atom. The van der Waals surface area contributed by atoms with Crippen LogP contribution in [0, 0.1) is 13.8 Å². The highest BCUT2D eigenvalue weighted by Gasteiger charge is 2.15. The largest absolute Gasteiger partial charge is 0.489 e. The lowest BCUT2D eigenvalue weighted by Gasteiger charge is -2.23. The molecule has 1 atom stereocenters. The molecule has 6 nitrogen and oxygen atoms in total. The van der Waals surface area contributed by atoms with E-state index in [1.807, 2.05) is 45.0 Å². The minimum absolute atomic E-state index is 0.0372. The molecule has 0 saturated carbocycles. The van der Waals surface area contributed by atoms with Gasteiger partial charge in [0.05, 0.1) is 17.7 Å². The minimum atomic E-state index is 0.0372. The van der Waals surface area contributed by atoms with Crippen LogP contribution in [-0.2, 0) is 17.8 Å². The Labute approximate surface area is 142 Å². The molecule has 0 bridgehead atoms. The van der Waals surface area contributed by atoms with E-state index in [9.17, 15) is 4.79 Å². The standard InChI is InChI=1S/C18H25N3O3/c1-12(10-19)21(4)18(22)9-15-5-7-16(8-6-15)23-11-17-13(2)20-24-14(17)3/h5-8,12H,9-11,19H2,1-4H3. The van der Waals surface area contributed by atoms with Crippen molar-refractivity contribution in [3.05, 3.63) is 46.8 Å². The Morgan fingerprint density at radius 2 is 2.00 bits per heavy atom. The predicted octanol–water partition coefficient (Wildman–Crippen LogP) is 2.22. The average Bonchev–Trinajstić information content (AvgIpc) is 2.91. The maximum absolute atomic E-state index is 12.2. The molecule has 130 valence electrons. The molecular weight excluding hydrogens is 306 g/mol. The van der Waals surface area contributed by atoms with Crippen molar-refractivity contribution in [3.8, 4) is 5.75 Å². The van der Waals surface area contributed by atoms with Crippen molar-refractivity contribution in [1.82, 2.24) is 10.1 Å². The Morgan fingerprint density at radius 3 is 2.54 bits per heavy atom. The van der Waals surface area contributed by atoms with Gasteiger partial charge in [-0.1, -0.05) is 17.3 Å². The lowest BCUT2D eigenvalue weighted by atomic mass is 10.1. The fourth-order valence-corrected chi connectivity index (χ4v) is 2.27. The Hall–Kier alpha value is -2.34. The quantitative estimate of drug-likeness (QED) is 0.841. The summed E-state index contributed by atoms with van der Waals surface area (Å²) in [5.41, 5.74) is 8.35. The van der Waals surface area contributed by atoms with Crippen LogP contribution in [0.5, 0.6) is 5.75 Å². The Bertz CT molecular complexity index is 660. The lowest BCUT2D eigenvalue weighted by molar-refractivity contribution is -0.130. The summed E-state index contributed by atoms with van der Waals surface area (Å²) in [7, 11) is 1.78. The van der Waals surface area contributed by atoms with Crippen molar-refractivity contribution in [2.24, 2.45) is 5.73 Å². The number of rotatable bonds is 7. The number of carbonyl (C=O) groups excluding carboxylic acids is 1. The second-order valence-corrected chi connectivity index (χ2v) is 6.00. The number of hydrogen-bond donors (Lipinski definition) is 1. The highest BCUT2D eigenvalue weighted by Crippen LogP contribution is 2.18. The first kappa shape index (κ1) is 18.0. The van der Waals surface area contributed by atoms with E-state index < -0.39 is 0 Å². The van der Waals surface area contributed by atoms with Crippen molar-refractivity contribution < 1.29 is 14.1 Å². The van der Waals surface area contributed by atoms with Crippen LogP contribution in [0.4, 0.5) is 0 Å². The van der Waals surface area contributed by atoms with Crippen molar-refractivity contribution in [2.45, 2.75) is 39.8 Å². The van der Waals surface area contributed by atoms with Gasteiger partial charge in [0.25, 0.3) is 0 Å². The molecule has 2 rings (SSSR count). The molecule has 0 saturated heterocycles. The van der Waals surface area contributed by atoms with Crippen molar-refractivity contribution in [1.29, 1.82) is 0 Å². The van der Waals surface area contributed by atoms with Crippen LogP contribution in [0.2, 0.25) is 0 Å². The molecule has 0 aliphatic heterocycles. The number of ether oxygens (including phenoxy) is 1. The molecule has 0 spiro atoms. The lowest BCUT2D eigenvalue weighted by Crippen LogP contribution is -2.40. The summed E-state index contributed by atoms with van der Waals surface area (Å²) in [6.07, 6.45) is 0.352. The van der Waals surface area contributed by atoms with Crippen LogP contribution in [-0.4, -0.2) is 35.6 Å². The number of aromatic nitrogens is 1. The number of benzene rings is 1. The average molecular weight is 331 g/mol. The van der Waals surface area contributed by atoms with Gasteiger partial charge in [0.1, 0.15) is 18.1 Å². The SMILES string of the molecule is Cc1noc(C)c1COc1ccc(CC(=O)N(C)C(C)CN)cc1. The van der Waals surface area contributed by atoms with Gasteiger partial charge in [0.15, 0.2) is 0 Å². The Balaban J connectivity index is 1.92. The fraction of sp³-hybridized carbons (Fsp3) is 0.444. The summed E-state index contributed by atoms with van der Waals surface area (Å²) in [6, 6.07) is 7.58. The summed E-state index contributed by atoms with van der Waals surface area (Å²) in [6.45, 7) is 6.56. The molecule has 0 radical (unpaired) electrons. The van der Waals surface area contributed by atoms with Crippen molar-refractivity contribution in [3.63, 3.8) is 0 Å². The smallest absolute Gasteiger partial charge is 0.227 e. The first-order valence-electron chi connectivity index (χ1n) is 8.01. The number of nitrogens with zero attached hydrogens (tertiary/aromatic N) is 2. The summed E-state index contributed by atoms with van der Waals surface area (Å²) in [5.74, 6) is 1.57. The summed E-state index contributed by atoms with van der Waals surface area (Å²) >= 11 is 0. The molecule has 0 aliphatic carbocycles. The minimum Gasteiger partial charge on any atom is -0.489 e. The van der Waals surface area contributed by atoms with E-state index in [2.05, 4.69) is 5.16 Å². The summed E-state index contributed by atoms with van der Waals surface area (Å²) in [5, 5.41) is 3.91. The summed E-state index contributed by atoms with van der Waals surface area (Å²) < 4.78 is 10.9. The molecule has 0 fully saturated rings. The van der Waals surface area contributed by atoms with Gasteiger partial charge >= 0.3 is 0 Å². The van der Waals surface area contributed by atoms with Crippen LogP contribution >= 0.6 is 0 Å². The molecule has 6 heteroatoms. The number of carbonyl (C=O) groups is 1. The number of aryl methyl sites for hydroxylation is 2. The number of likely N-dealkylation sites (N-methyl/N-ethyl adjacent to an activating group) is 1. The third-order valence-corrected chi connectivity index (χ3v) is 4.24.